The topological polar surface area (TPSA) is 96.2 Å². The maximum absolute atomic E-state index is 11.8. The first-order chi connectivity index (χ1) is 11.6. The molecule has 120 valence electrons. The van der Waals surface area contributed by atoms with Crippen molar-refractivity contribution < 1.29 is 4.79 Å². The number of benzene rings is 2. The van der Waals surface area contributed by atoms with Gasteiger partial charge in [-0.05, 0) is 17.7 Å². The number of nitrogens with one attached hydrogen (secondary N) is 2. The zero-order valence-electron chi connectivity index (χ0n) is 12.5. The van der Waals surface area contributed by atoms with Crippen molar-refractivity contribution in [2.45, 2.75) is 0 Å². The Morgan fingerprint density at radius 3 is 2.58 bits per heavy atom. The molecule has 0 fully saturated rings. The van der Waals surface area contributed by atoms with Crippen LogP contribution in [0.3, 0.4) is 0 Å². The molecule has 1 amide bonds. The Morgan fingerprint density at radius 2 is 1.88 bits per heavy atom. The Morgan fingerprint density at radius 1 is 1.17 bits per heavy atom. The number of H-pyrrole nitrogens is 1. The predicted octanol–water partition coefficient (Wildman–Crippen LogP) is 3.66. The monoisotopic (exact) mass is 339 g/mol. The first-order valence-electron chi connectivity index (χ1n) is 7.14. The summed E-state index contributed by atoms with van der Waals surface area (Å²) in [5, 5.41) is 10.3. The van der Waals surface area contributed by atoms with Gasteiger partial charge in [-0.2, -0.15) is 5.10 Å². The van der Waals surface area contributed by atoms with Crippen LogP contribution in [0, 0.1) is 0 Å². The van der Waals surface area contributed by atoms with Gasteiger partial charge in [0.05, 0.1) is 10.7 Å². The number of aromatic nitrogens is 2. The number of halogens is 1. The summed E-state index contributed by atoms with van der Waals surface area (Å²) in [4.78, 5) is 16.1. The smallest absolute Gasteiger partial charge is 0.256 e. The van der Waals surface area contributed by atoms with Crippen molar-refractivity contribution in [1.82, 2.24) is 10.2 Å². The average Bonchev–Trinajstić information content (AvgIpc) is 2.99. The van der Waals surface area contributed by atoms with E-state index in [9.17, 15) is 4.79 Å². The number of para-hydroxylation sites is 1. The van der Waals surface area contributed by atoms with E-state index in [1.807, 2.05) is 42.5 Å². The second-order valence-corrected chi connectivity index (χ2v) is 5.34. The number of anilines is 2. The lowest BCUT2D eigenvalue weighted by Crippen LogP contribution is -2.12. The third-order valence-electron chi connectivity index (χ3n) is 3.26. The molecule has 0 unspecified atom stereocenters. The van der Waals surface area contributed by atoms with Gasteiger partial charge in [-0.3, -0.25) is 9.89 Å². The zero-order chi connectivity index (χ0) is 16.9. The van der Waals surface area contributed by atoms with E-state index in [1.54, 1.807) is 18.3 Å². The molecule has 0 spiro atoms. The molecule has 0 bridgehead atoms. The Kier molecular flexibility index (Phi) is 4.58. The maximum Gasteiger partial charge on any atom is 0.256 e. The summed E-state index contributed by atoms with van der Waals surface area (Å²) in [7, 11) is 0. The Labute approximate surface area is 143 Å². The van der Waals surface area contributed by atoms with E-state index in [1.165, 1.54) is 0 Å². The molecule has 24 heavy (non-hydrogen) atoms. The fourth-order valence-corrected chi connectivity index (χ4v) is 2.30. The number of rotatable bonds is 5. The van der Waals surface area contributed by atoms with Crippen LogP contribution >= 0.6 is 11.6 Å². The van der Waals surface area contributed by atoms with E-state index in [0.29, 0.717) is 10.7 Å². The molecule has 0 radical (unpaired) electrons. The van der Waals surface area contributed by atoms with Crippen LogP contribution < -0.4 is 11.1 Å². The van der Waals surface area contributed by atoms with Gasteiger partial charge in [0.25, 0.3) is 5.91 Å². The second-order valence-electron chi connectivity index (χ2n) is 4.93. The van der Waals surface area contributed by atoms with Gasteiger partial charge >= 0.3 is 0 Å². The van der Waals surface area contributed by atoms with Gasteiger partial charge in [-0.25, -0.2) is 4.99 Å². The first-order valence-corrected chi connectivity index (χ1v) is 7.52. The van der Waals surface area contributed by atoms with Crippen LogP contribution in [0.15, 0.2) is 59.6 Å². The molecule has 4 N–H and O–H groups in total. The van der Waals surface area contributed by atoms with Gasteiger partial charge in [-0.15, -0.1) is 0 Å². The Bertz CT molecular complexity index is 889. The normalized spacial score (nSPS) is 10.9. The van der Waals surface area contributed by atoms with Crippen molar-refractivity contribution in [3.8, 4) is 0 Å². The minimum absolute atomic E-state index is 0.169. The third-order valence-corrected chi connectivity index (χ3v) is 3.59. The number of hydrogen-bond acceptors (Lipinski definition) is 4. The number of carbonyl (C=O) groups is 1. The van der Waals surface area contributed by atoms with Crippen LogP contribution in [-0.2, 0) is 0 Å². The van der Waals surface area contributed by atoms with Crippen molar-refractivity contribution in [3.05, 3.63) is 70.7 Å². The molecular weight excluding hydrogens is 326 g/mol. The minimum Gasteiger partial charge on any atom is -0.365 e. The number of aliphatic imine (C=N–C) groups is 1. The molecule has 0 aliphatic rings. The lowest BCUT2D eigenvalue weighted by Gasteiger charge is -2.06. The highest BCUT2D eigenvalue weighted by Crippen LogP contribution is 2.29. The molecule has 0 aliphatic heterocycles. The van der Waals surface area contributed by atoms with Gasteiger partial charge in [0.1, 0.15) is 5.56 Å². The van der Waals surface area contributed by atoms with Crippen molar-refractivity contribution in [2.75, 3.05) is 5.32 Å². The number of nitrogens with two attached hydrogens (primary N) is 1. The fourth-order valence-electron chi connectivity index (χ4n) is 2.12. The molecule has 3 rings (SSSR count). The van der Waals surface area contributed by atoms with Crippen LogP contribution in [0.4, 0.5) is 17.3 Å². The molecular formula is C17H14ClN5O. The van der Waals surface area contributed by atoms with E-state index in [-0.39, 0.29) is 17.2 Å². The molecule has 0 saturated carbocycles. The number of nitrogens with zero attached hydrogens (tertiary/aromatic N) is 2. The molecule has 0 atom stereocenters. The van der Waals surface area contributed by atoms with Crippen LogP contribution in [0.1, 0.15) is 15.9 Å². The number of primary amides is 1. The van der Waals surface area contributed by atoms with Crippen LogP contribution in [0.25, 0.3) is 0 Å². The molecule has 0 aliphatic carbocycles. The third kappa shape index (κ3) is 3.44. The fraction of sp³-hybridized carbons (Fsp3) is 0. The summed E-state index contributed by atoms with van der Waals surface area (Å²) in [6.07, 6.45) is 1.62. The standard InChI is InChI=1S/C17H14ClN5O/c18-12-8-4-5-9-13(12)21-17-14(15(19)24)16(22-23-17)20-10-11-6-2-1-3-7-11/h1-10H,(H2,19,24)(H2,21,22,23)/b20-10+. The van der Waals surface area contributed by atoms with Crippen molar-refractivity contribution >= 4 is 41.0 Å². The largest absolute Gasteiger partial charge is 0.365 e. The number of hydrogen-bond donors (Lipinski definition) is 3. The second kappa shape index (κ2) is 6.97. The van der Waals surface area contributed by atoms with Gasteiger partial charge in [0.15, 0.2) is 11.6 Å². The van der Waals surface area contributed by atoms with Crippen LogP contribution in [0.2, 0.25) is 5.02 Å². The summed E-state index contributed by atoms with van der Waals surface area (Å²) in [6, 6.07) is 16.6. The van der Waals surface area contributed by atoms with Gasteiger partial charge in [0.2, 0.25) is 0 Å². The number of aromatic amines is 1. The lowest BCUT2D eigenvalue weighted by molar-refractivity contribution is 0.100. The molecule has 1 heterocycles. The molecule has 3 aromatic rings. The summed E-state index contributed by atoms with van der Waals surface area (Å²) in [6.45, 7) is 0. The Balaban J connectivity index is 1.92. The van der Waals surface area contributed by atoms with E-state index in [4.69, 9.17) is 17.3 Å². The average molecular weight is 340 g/mol. The highest BCUT2D eigenvalue weighted by molar-refractivity contribution is 6.33. The van der Waals surface area contributed by atoms with Crippen molar-refractivity contribution in [3.63, 3.8) is 0 Å². The minimum atomic E-state index is -0.640. The summed E-state index contributed by atoms with van der Waals surface area (Å²) in [5.41, 5.74) is 7.15. The van der Waals surface area contributed by atoms with Crippen molar-refractivity contribution in [1.29, 1.82) is 0 Å². The van der Waals surface area contributed by atoms with Crippen molar-refractivity contribution in [2.24, 2.45) is 10.7 Å². The SMILES string of the molecule is NC(=O)c1c(Nc2ccccc2Cl)n[nH]c1/N=C/c1ccccc1. The van der Waals surface area contributed by atoms with E-state index in [0.717, 1.165) is 5.56 Å². The first kappa shape index (κ1) is 15.8. The molecule has 0 saturated heterocycles. The predicted molar refractivity (Wildman–Crippen MR) is 95.5 cm³/mol. The van der Waals surface area contributed by atoms with E-state index in [2.05, 4.69) is 20.5 Å². The molecule has 7 heteroatoms. The highest BCUT2D eigenvalue weighted by atomic mass is 35.5. The molecule has 6 nitrogen and oxygen atoms in total. The Hall–Kier alpha value is -3.12. The lowest BCUT2D eigenvalue weighted by atomic mass is 10.2. The van der Waals surface area contributed by atoms with Gasteiger partial charge < -0.3 is 11.1 Å². The van der Waals surface area contributed by atoms with Crippen LogP contribution in [-0.4, -0.2) is 22.3 Å². The summed E-state index contributed by atoms with van der Waals surface area (Å²) >= 11 is 6.11. The molecule has 2 aromatic carbocycles. The van der Waals surface area contributed by atoms with E-state index < -0.39 is 5.91 Å². The number of amides is 1. The van der Waals surface area contributed by atoms with Gasteiger partial charge in [-0.1, -0.05) is 54.1 Å². The van der Waals surface area contributed by atoms with Gasteiger partial charge in [0, 0.05) is 6.21 Å². The zero-order valence-corrected chi connectivity index (χ0v) is 13.3. The summed E-state index contributed by atoms with van der Waals surface area (Å²) < 4.78 is 0. The van der Waals surface area contributed by atoms with E-state index >= 15 is 0 Å². The maximum atomic E-state index is 11.8. The molecule has 1 aromatic heterocycles. The quantitative estimate of drug-likeness (QED) is 0.619. The summed E-state index contributed by atoms with van der Waals surface area (Å²) in [5.74, 6) is -0.0877. The van der Waals surface area contributed by atoms with Crippen LogP contribution in [0.5, 0.6) is 0 Å². The highest BCUT2D eigenvalue weighted by Gasteiger charge is 2.18. The number of carbonyl (C=O) groups excluding carboxylic acids is 1.